The molecule has 1 heterocycles. The normalized spacial score (nSPS) is 33.5. The van der Waals surface area contributed by atoms with Gasteiger partial charge in [0.05, 0.1) is 26.4 Å². The molecule has 0 aromatic rings. The summed E-state index contributed by atoms with van der Waals surface area (Å²) in [6.07, 6.45) is -16.0. The SMILES string of the molecule is NCCOP(=O)(O)OC[C@@H](O)[C@@H](O)[C@H](O)[C@@H](CO)O[C@H]1O[C@H](CO)[C@@H](O)[C@H](O)[C@@H]1O. The largest absolute Gasteiger partial charge is 0.472 e. The van der Waals surface area contributed by atoms with Gasteiger partial charge in [-0.25, -0.2) is 4.57 Å². The van der Waals surface area contributed by atoms with Gasteiger partial charge in [-0.05, 0) is 0 Å². The van der Waals surface area contributed by atoms with Gasteiger partial charge in [0.2, 0.25) is 0 Å². The number of phosphoric acid groups is 1. The van der Waals surface area contributed by atoms with Crippen LogP contribution in [0.25, 0.3) is 0 Å². The highest BCUT2D eigenvalue weighted by Crippen LogP contribution is 2.43. The smallest absolute Gasteiger partial charge is 0.394 e. The Labute approximate surface area is 171 Å². The molecule has 1 aliphatic heterocycles. The van der Waals surface area contributed by atoms with Crippen molar-refractivity contribution < 1.29 is 68.8 Å². The van der Waals surface area contributed by atoms with Crippen molar-refractivity contribution in [2.24, 2.45) is 5.73 Å². The van der Waals surface area contributed by atoms with E-state index in [1.165, 1.54) is 0 Å². The molecule has 10 atom stereocenters. The molecule has 180 valence electrons. The maximum absolute atomic E-state index is 11.5. The molecule has 0 radical (unpaired) electrons. The zero-order valence-electron chi connectivity index (χ0n) is 15.8. The Morgan fingerprint density at radius 1 is 1.00 bits per heavy atom. The van der Waals surface area contributed by atoms with Crippen molar-refractivity contribution in [3.8, 4) is 0 Å². The fourth-order valence-corrected chi connectivity index (χ4v) is 3.26. The van der Waals surface area contributed by atoms with Gasteiger partial charge in [-0.15, -0.1) is 0 Å². The summed E-state index contributed by atoms with van der Waals surface area (Å²) in [6.45, 7) is -3.04. The van der Waals surface area contributed by atoms with Gasteiger partial charge in [0.25, 0.3) is 0 Å². The lowest BCUT2D eigenvalue weighted by molar-refractivity contribution is -0.322. The summed E-state index contributed by atoms with van der Waals surface area (Å²) in [5.74, 6) is 0. The highest BCUT2D eigenvalue weighted by Gasteiger charge is 2.46. The van der Waals surface area contributed by atoms with E-state index in [0.29, 0.717) is 0 Å². The van der Waals surface area contributed by atoms with E-state index in [9.17, 15) is 45.2 Å². The van der Waals surface area contributed by atoms with Gasteiger partial charge in [-0.1, -0.05) is 0 Å². The molecule has 1 saturated heterocycles. The fourth-order valence-electron chi connectivity index (χ4n) is 2.51. The first-order chi connectivity index (χ1) is 14.0. The number of aliphatic hydroxyl groups excluding tert-OH is 8. The molecular formula is C14H30NO14P. The van der Waals surface area contributed by atoms with Gasteiger partial charge in [0.15, 0.2) is 6.29 Å². The third kappa shape index (κ3) is 7.67. The molecule has 0 aliphatic carbocycles. The van der Waals surface area contributed by atoms with E-state index < -0.39 is 82.8 Å². The first kappa shape index (κ1) is 27.7. The number of phosphoric ester groups is 1. The van der Waals surface area contributed by atoms with E-state index in [0.717, 1.165) is 0 Å². The molecule has 0 aromatic heterocycles. The van der Waals surface area contributed by atoms with Crippen LogP contribution in [0.2, 0.25) is 0 Å². The number of nitrogens with two attached hydrogens (primary N) is 1. The molecule has 0 aromatic carbocycles. The molecule has 1 rings (SSSR count). The Balaban J connectivity index is 2.69. The van der Waals surface area contributed by atoms with Crippen molar-refractivity contribution in [1.82, 2.24) is 0 Å². The van der Waals surface area contributed by atoms with Crippen molar-refractivity contribution in [3.05, 3.63) is 0 Å². The van der Waals surface area contributed by atoms with Crippen LogP contribution in [-0.4, -0.2) is 134 Å². The fraction of sp³-hybridized carbons (Fsp3) is 1.00. The van der Waals surface area contributed by atoms with E-state index in [1.807, 2.05) is 0 Å². The third-order valence-corrected chi connectivity index (χ3v) is 5.23. The molecule has 0 amide bonds. The molecule has 0 bridgehead atoms. The quantitative estimate of drug-likeness (QED) is 0.113. The molecule has 30 heavy (non-hydrogen) atoms. The van der Waals surface area contributed by atoms with Crippen LogP contribution in [0, 0.1) is 0 Å². The van der Waals surface area contributed by atoms with Crippen LogP contribution >= 0.6 is 7.82 Å². The van der Waals surface area contributed by atoms with Gasteiger partial charge < -0.3 is 61.0 Å². The number of ether oxygens (including phenoxy) is 2. The molecular weight excluding hydrogens is 437 g/mol. The lowest BCUT2D eigenvalue weighted by Gasteiger charge is -2.41. The predicted molar refractivity (Wildman–Crippen MR) is 94.5 cm³/mol. The molecule has 1 unspecified atom stereocenters. The Kier molecular flexibility index (Phi) is 11.7. The Bertz CT molecular complexity index is 541. The molecule has 0 saturated carbocycles. The molecule has 15 nitrogen and oxygen atoms in total. The lowest BCUT2D eigenvalue weighted by Crippen LogP contribution is -2.61. The number of hydrogen-bond donors (Lipinski definition) is 10. The Morgan fingerprint density at radius 2 is 1.63 bits per heavy atom. The zero-order chi connectivity index (χ0) is 23.1. The summed E-state index contributed by atoms with van der Waals surface area (Å²) in [7, 11) is -4.57. The number of hydrogen-bond acceptors (Lipinski definition) is 14. The molecule has 1 aliphatic rings. The minimum absolute atomic E-state index is 0.0781. The van der Waals surface area contributed by atoms with Crippen LogP contribution in [0.4, 0.5) is 0 Å². The van der Waals surface area contributed by atoms with Crippen molar-refractivity contribution in [2.75, 3.05) is 33.0 Å². The van der Waals surface area contributed by atoms with Gasteiger partial charge in [0.1, 0.15) is 48.8 Å². The summed E-state index contributed by atoms with van der Waals surface area (Å²) in [5.41, 5.74) is 5.10. The first-order valence-electron chi connectivity index (χ1n) is 8.92. The summed E-state index contributed by atoms with van der Waals surface area (Å²) in [4.78, 5) is 9.34. The van der Waals surface area contributed by atoms with Gasteiger partial charge in [0, 0.05) is 6.54 Å². The molecule has 16 heteroatoms. The summed E-state index contributed by atoms with van der Waals surface area (Å²) in [6, 6.07) is 0. The highest BCUT2D eigenvalue weighted by atomic mass is 31.2. The minimum Gasteiger partial charge on any atom is -0.394 e. The highest BCUT2D eigenvalue weighted by molar-refractivity contribution is 7.47. The third-order valence-electron chi connectivity index (χ3n) is 4.24. The Morgan fingerprint density at radius 3 is 2.17 bits per heavy atom. The maximum atomic E-state index is 11.5. The van der Waals surface area contributed by atoms with E-state index in [4.69, 9.17) is 20.3 Å². The van der Waals surface area contributed by atoms with E-state index in [-0.39, 0.29) is 13.2 Å². The summed E-state index contributed by atoms with van der Waals surface area (Å²) >= 11 is 0. The Hall–Kier alpha value is -0.330. The second-order valence-corrected chi connectivity index (χ2v) is 7.94. The molecule has 1 fully saturated rings. The second-order valence-electron chi connectivity index (χ2n) is 6.49. The number of aliphatic hydroxyl groups is 8. The second kappa shape index (κ2) is 12.6. The van der Waals surface area contributed by atoms with Crippen molar-refractivity contribution in [2.45, 2.75) is 55.1 Å². The average Bonchev–Trinajstić information content (AvgIpc) is 2.73. The standard InChI is InChI=1S/C14H30NO14P/c15-1-2-26-30(24,25)27-5-6(18)9(19)10(20)7(3-16)28-14-13(23)12(22)11(21)8(4-17)29-14/h6-14,16-23H,1-5,15H2,(H,24,25)/t6-,7-,8-,9-,10-,11-,12+,13+,14+/m1/s1. The minimum atomic E-state index is -4.57. The van der Waals surface area contributed by atoms with Gasteiger partial charge in [-0.2, -0.15) is 0 Å². The van der Waals surface area contributed by atoms with Crippen molar-refractivity contribution >= 4 is 7.82 Å². The van der Waals surface area contributed by atoms with Gasteiger partial charge in [-0.3, -0.25) is 9.05 Å². The number of rotatable bonds is 13. The molecule has 0 spiro atoms. The van der Waals surface area contributed by atoms with Crippen molar-refractivity contribution in [3.63, 3.8) is 0 Å². The van der Waals surface area contributed by atoms with Crippen LogP contribution in [0.15, 0.2) is 0 Å². The van der Waals surface area contributed by atoms with E-state index in [2.05, 4.69) is 9.05 Å². The summed E-state index contributed by atoms with van der Waals surface area (Å²) < 4.78 is 30.6. The van der Waals surface area contributed by atoms with Gasteiger partial charge >= 0.3 is 7.82 Å². The van der Waals surface area contributed by atoms with Crippen LogP contribution in [0.1, 0.15) is 0 Å². The first-order valence-corrected chi connectivity index (χ1v) is 10.4. The summed E-state index contributed by atoms with van der Waals surface area (Å²) in [5, 5.41) is 78.0. The van der Waals surface area contributed by atoms with Crippen LogP contribution in [0.5, 0.6) is 0 Å². The lowest BCUT2D eigenvalue weighted by atomic mass is 9.99. The van der Waals surface area contributed by atoms with E-state index in [1.54, 1.807) is 0 Å². The van der Waals surface area contributed by atoms with Crippen LogP contribution in [0.3, 0.4) is 0 Å². The topological polar surface area (TPSA) is 262 Å². The van der Waals surface area contributed by atoms with Crippen LogP contribution < -0.4 is 5.73 Å². The van der Waals surface area contributed by atoms with E-state index >= 15 is 0 Å². The monoisotopic (exact) mass is 467 g/mol. The zero-order valence-corrected chi connectivity index (χ0v) is 16.7. The molecule has 11 N–H and O–H groups in total. The van der Waals surface area contributed by atoms with Crippen LogP contribution in [-0.2, 0) is 23.1 Å². The predicted octanol–water partition coefficient (Wildman–Crippen LogP) is -5.66. The average molecular weight is 467 g/mol. The van der Waals surface area contributed by atoms with Crippen molar-refractivity contribution in [1.29, 1.82) is 0 Å². The maximum Gasteiger partial charge on any atom is 0.472 e.